The smallest absolute Gasteiger partial charge is 0.161 e. The number of hydrogen-bond donors (Lipinski definition) is 0. The van der Waals surface area contributed by atoms with E-state index in [0.29, 0.717) is 25.5 Å². The Morgan fingerprint density at radius 2 is 1.84 bits per heavy atom. The molecular weight excluding hydrogens is 398 g/mol. The van der Waals surface area contributed by atoms with Crippen molar-refractivity contribution in [2.24, 2.45) is 0 Å². The fourth-order valence-electron chi connectivity index (χ4n) is 4.01. The molecule has 32 heavy (non-hydrogen) atoms. The number of anilines is 1. The van der Waals surface area contributed by atoms with Gasteiger partial charge in [-0.15, -0.1) is 0 Å². The van der Waals surface area contributed by atoms with Crippen molar-refractivity contribution in [2.75, 3.05) is 18.1 Å². The van der Waals surface area contributed by atoms with Crippen LogP contribution < -0.4 is 14.4 Å². The number of hydrogen-bond acceptors (Lipinski definition) is 5. The van der Waals surface area contributed by atoms with E-state index in [-0.39, 0.29) is 0 Å². The summed E-state index contributed by atoms with van der Waals surface area (Å²) in [6.45, 7) is 10.4. The van der Waals surface area contributed by atoms with Crippen LogP contribution >= 0.6 is 0 Å². The van der Waals surface area contributed by atoms with Gasteiger partial charge in [-0.05, 0) is 47.0 Å². The molecule has 0 spiro atoms. The van der Waals surface area contributed by atoms with Crippen LogP contribution in [-0.4, -0.2) is 18.2 Å². The fourth-order valence-corrected chi connectivity index (χ4v) is 4.01. The molecule has 5 nitrogen and oxygen atoms in total. The average Bonchev–Trinajstić information content (AvgIpc) is 2.85. The molecule has 5 rings (SSSR count). The Kier molecular flexibility index (Phi) is 4.97. The Balaban J connectivity index is 1.53. The highest BCUT2D eigenvalue weighted by Crippen LogP contribution is 2.43. The number of rotatable bonds is 4. The molecule has 0 bridgehead atoms. The highest BCUT2D eigenvalue weighted by Gasteiger charge is 2.24. The maximum atomic E-state index is 9.21. The number of aromatic nitrogens is 1. The summed E-state index contributed by atoms with van der Waals surface area (Å²) in [7, 11) is 0. The Morgan fingerprint density at radius 1 is 1.03 bits per heavy atom. The summed E-state index contributed by atoms with van der Waals surface area (Å²) >= 11 is 0. The van der Waals surface area contributed by atoms with Crippen LogP contribution in [0.1, 0.15) is 22.5 Å². The topological polar surface area (TPSA) is 58.4 Å². The molecule has 2 aliphatic rings. The number of fused-ring (bicyclic) bond motifs is 2. The van der Waals surface area contributed by atoms with Gasteiger partial charge in [-0.2, -0.15) is 5.26 Å². The molecule has 3 heterocycles. The molecular formula is C27H21N3O2. The average molecular weight is 419 g/mol. The number of nitrogens with zero attached hydrogens (tertiary/aromatic N) is 3. The predicted molar refractivity (Wildman–Crippen MR) is 125 cm³/mol. The summed E-state index contributed by atoms with van der Waals surface area (Å²) in [5.74, 6) is 1.48. The molecule has 0 aliphatic carbocycles. The first-order chi connectivity index (χ1) is 15.6. The van der Waals surface area contributed by atoms with Gasteiger partial charge in [-0.3, -0.25) is 0 Å². The molecule has 0 fully saturated rings. The van der Waals surface area contributed by atoms with Crippen LogP contribution in [0.2, 0.25) is 0 Å². The molecule has 2 aliphatic heterocycles. The zero-order valence-electron chi connectivity index (χ0n) is 17.5. The van der Waals surface area contributed by atoms with E-state index >= 15 is 0 Å². The van der Waals surface area contributed by atoms with Crippen molar-refractivity contribution >= 4 is 16.8 Å². The van der Waals surface area contributed by atoms with Gasteiger partial charge >= 0.3 is 0 Å². The largest absolute Gasteiger partial charge is 0.486 e. The summed E-state index contributed by atoms with van der Waals surface area (Å²) < 4.78 is 11.4. The van der Waals surface area contributed by atoms with Crippen LogP contribution in [0, 0.1) is 11.3 Å². The van der Waals surface area contributed by atoms with E-state index in [1.165, 1.54) is 0 Å². The summed E-state index contributed by atoms with van der Waals surface area (Å²) in [4.78, 5) is 6.58. The van der Waals surface area contributed by atoms with Crippen LogP contribution in [0.5, 0.6) is 11.5 Å². The van der Waals surface area contributed by atoms with Gasteiger partial charge in [-0.1, -0.05) is 43.5 Å². The zero-order chi connectivity index (χ0) is 22.1. The zero-order valence-corrected chi connectivity index (χ0v) is 17.5. The molecule has 0 saturated carbocycles. The maximum absolute atomic E-state index is 9.21. The molecule has 0 atom stereocenters. The molecule has 3 aromatic rings. The van der Waals surface area contributed by atoms with E-state index in [1.807, 2.05) is 42.5 Å². The Morgan fingerprint density at radius 3 is 2.69 bits per heavy atom. The van der Waals surface area contributed by atoms with E-state index in [1.54, 1.807) is 6.07 Å². The number of nitriles is 1. The normalized spacial score (nSPS) is 14.3. The Bertz CT molecular complexity index is 1320. The minimum atomic E-state index is 0.405. The van der Waals surface area contributed by atoms with Crippen molar-refractivity contribution in [1.29, 1.82) is 5.26 Å². The van der Waals surface area contributed by atoms with E-state index in [9.17, 15) is 5.26 Å². The summed E-state index contributed by atoms with van der Waals surface area (Å²) in [5.41, 5.74) is 6.96. The van der Waals surface area contributed by atoms with Gasteiger partial charge in [0.15, 0.2) is 11.5 Å². The second kappa shape index (κ2) is 8.09. The lowest BCUT2D eigenvalue weighted by atomic mass is 9.87. The third-order valence-electron chi connectivity index (χ3n) is 5.62. The van der Waals surface area contributed by atoms with Crippen LogP contribution in [0.15, 0.2) is 85.6 Å². The van der Waals surface area contributed by atoms with E-state index in [4.69, 9.17) is 9.47 Å². The molecule has 1 aromatic heterocycles. The first-order valence-corrected chi connectivity index (χ1v) is 10.4. The molecule has 0 saturated heterocycles. The van der Waals surface area contributed by atoms with Gasteiger partial charge in [0.1, 0.15) is 25.0 Å². The molecule has 0 unspecified atom stereocenters. The molecule has 156 valence electrons. The Hall–Kier alpha value is -4.30. The number of pyridine rings is 1. The predicted octanol–water partition coefficient (Wildman–Crippen LogP) is 5.36. The first-order valence-electron chi connectivity index (χ1n) is 10.4. The lowest BCUT2D eigenvalue weighted by Gasteiger charge is -2.31. The van der Waals surface area contributed by atoms with Crippen molar-refractivity contribution in [3.8, 4) is 17.6 Å². The second-order valence-electron chi connectivity index (χ2n) is 7.63. The summed E-state index contributed by atoms with van der Waals surface area (Å²) in [6.07, 6.45) is 2.06. The number of ether oxygens (including phenoxy) is 2. The first kappa shape index (κ1) is 19.7. The van der Waals surface area contributed by atoms with Crippen molar-refractivity contribution in [3.05, 3.63) is 108 Å². The van der Waals surface area contributed by atoms with Gasteiger partial charge in [0.2, 0.25) is 0 Å². The number of benzene rings is 2. The van der Waals surface area contributed by atoms with E-state index < -0.39 is 0 Å². The van der Waals surface area contributed by atoms with E-state index in [0.717, 1.165) is 50.7 Å². The highest BCUT2D eigenvalue weighted by atomic mass is 16.6. The van der Waals surface area contributed by atoms with Crippen LogP contribution in [0.25, 0.3) is 11.1 Å². The molecule has 0 N–H and O–H groups in total. The monoisotopic (exact) mass is 419 g/mol. The van der Waals surface area contributed by atoms with Gasteiger partial charge in [0.25, 0.3) is 0 Å². The summed E-state index contributed by atoms with van der Waals surface area (Å²) in [5, 5.41) is 9.21. The van der Waals surface area contributed by atoms with Gasteiger partial charge in [-0.25, -0.2) is 4.98 Å². The lowest BCUT2D eigenvalue weighted by molar-refractivity contribution is 0.171. The minimum Gasteiger partial charge on any atom is -0.486 e. The number of para-hydroxylation sites is 1. The maximum Gasteiger partial charge on any atom is 0.161 e. The van der Waals surface area contributed by atoms with Gasteiger partial charge in [0, 0.05) is 23.0 Å². The van der Waals surface area contributed by atoms with Gasteiger partial charge < -0.3 is 14.4 Å². The minimum absolute atomic E-state index is 0.405. The fraction of sp³-hybridized carbons (Fsp3) is 0.111. The number of allylic oxidation sites excluding steroid dienone is 3. The lowest BCUT2D eigenvalue weighted by Crippen LogP contribution is -2.22. The van der Waals surface area contributed by atoms with Crippen molar-refractivity contribution in [3.63, 3.8) is 0 Å². The third-order valence-corrected chi connectivity index (χ3v) is 5.62. The van der Waals surface area contributed by atoms with Crippen molar-refractivity contribution in [2.45, 2.75) is 6.54 Å². The van der Waals surface area contributed by atoms with Crippen LogP contribution in [0.3, 0.4) is 0 Å². The molecule has 5 heteroatoms. The van der Waals surface area contributed by atoms with Crippen LogP contribution in [0.4, 0.5) is 5.69 Å². The second-order valence-corrected chi connectivity index (χ2v) is 7.63. The van der Waals surface area contributed by atoms with Crippen molar-refractivity contribution < 1.29 is 9.47 Å². The van der Waals surface area contributed by atoms with Crippen LogP contribution in [-0.2, 0) is 6.54 Å². The highest BCUT2D eigenvalue weighted by molar-refractivity contribution is 6.01. The van der Waals surface area contributed by atoms with E-state index in [2.05, 4.69) is 47.4 Å². The third kappa shape index (κ3) is 3.52. The van der Waals surface area contributed by atoms with Gasteiger partial charge in [0.05, 0.1) is 12.2 Å². The van der Waals surface area contributed by atoms with Crippen molar-refractivity contribution in [1.82, 2.24) is 4.98 Å². The Labute approximate surface area is 187 Å². The standard InChI is InChI=1S/C27H21N3O2/c1-18(20-10-11-26-27(14-20)32-13-12-31-26)24-17-30(16-22-7-5-6-21(15-28)29-22)25-9-4-3-8-23(25)19(24)2/h3-11,14,17H,1-2,12-13,16H2. The molecule has 0 amide bonds. The quantitative estimate of drug-likeness (QED) is 0.570. The SMILES string of the molecule is C=C(C1=CN(Cc2cccc(C#N)n2)c2ccccc2C1=C)c1ccc2c(c1)OCCO2. The summed E-state index contributed by atoms with van der Waals surface area (Å²) in [6, 6.07) is 21.6. The molecule has 2 aromatic carbocycles. The molecule has 0 radical (unpaired) electrons.